The van der Waals surface area contributed by atoms with Crippen molar-refractivity contribution in [3.63, 3.8) is 0 Å². The van der Waals surface area contributed by atoms with Gasteiger partial charge in [0.15, 0.2) is 0 Å². The van der Waals surface area contributed by atoms with Crippen molar-refractivity contribution in [2.75, 3.05) is 33.3 Å². The Bertz CT molecular complexity index is 169. The van der Waals surface area contributed by atoms with Crippen molar-refractivity contribution in [2.45, 2.75) is 51.7 Å². The number of hydrogen-bond acceptors (Lipinski definition) is 3. The second-order valence-corrected chi connectivity index (χ2v) is 4.88. The minimum atomic E-state index is 0.528. The third-order valence-electron chi connectivity index (χ3n) is 3.23. The highest BCUT2D eigenvalue weighted by Crippen LogP contribution is 2.23. The van der Waals surface area contributed by atoms with E-state index in [9.17, 15) is 0 Å². The highest BCUT2D eigenvalue weighted by molar-refractivity contribution is 4.85. The Kier molecular flexibility index (Phi) is 7.01. The molecule has 0 saturated heterocycles. The maximum atomic E-state index is 5.82. The SMILES string of the molecule is CCCN(C)CCCOC1CC(NCC)C1. The summed E-state index contributed by atoms with van der Waals surface area (Å²) in [6.07, 6.45) is 5.35. The first-order valence-corrected chi connectivity index (χ1v) is 6.79. The van der Waals surface area contributed by atoms with Gasteiger partial charge in [0.1, 0.15) is 0 Å². The topological polar surface area (TPSA) is 24.5 Å². The number of nitrogens with zero attached hydrogens (tertiary/aromatic N) is 1. The number of nitrogens with one attached hydrogen (secondary N) is 1. The third-order valence-corrected chi connectivity index (χ3v) is 3.23. The van der Waals surface area contributed by atoms with Crippen molar-refractivity contribution in [3.05, 3.63) is 0 Å². The smallest absolute Gasteiger partial charge is 0.0604 e. The summed E-state index contributed by atoms with van der Waals surface area (Å²) in [6.45, 7) is 8.76. The van der Waals surface area contributed by atoms with Crippen LogP contribution in [0.4, 0.5) is 0 Å². The third kappa shape index (κ3) is 5.28. The lowest BCUT2D eigenvalue weighted by molar-refractivity contribution is -0.0186. The molecule has 3 heteroatoms. The number of rotatable bonds is 9. The zero-order valence-corrected chi connectivity index (χ0v) is 11.2. The maximum absolute atomic E-state index is 5.82. The van der Waals surface area contributed by atoms with Gasteiger partial charge in [0.2, 0.25) is 0 Å². The van der Waals surface area contributed by atoms with Gasteiger partial charge in [0, 0.05) is 19.2 Å². The van der Waals surface area contributed by atoms with E-state index in [1.165, 1.54) is 32.2 Å². The molecule has 0 amide bonds. The first-order valence-electron chi connectivity index (χ1n) is 6.79. The van der Waals surface area contributed by atoms with Gasteiger partial charge >= 0.3 is 0 Å². The minimum Gasteiger partial charge on any atom is -0.378 e. The fourth-order valence-corrected chi connectivity index (χ4v) is 2.24. The summed E-state index contributed by atoms with van der Waals surface area (Å²) in [7, 11) is 2.19. The number of ether oxygens (including phenoxy) is 1. The number of hydrogen-bond donors (Lipinski definition) is 1. The molecule has 0 aromatic heterocycles. The molecule has 1 fully saturated rings. The Morgan fingerprint density at radius 3 is 2.62 bits per heavy atom. The van der Waals surface area contributed by atoms with E-state index >= 15 is 0 Å². The zero-order valence-electron chi connectivity index (χ0n) is 11.2. The standard InChI is InChI=1S/C13H28N2O/c1-4-7-15(3)8-6-9-16-13-10-12(11-13)14-5-2/h12-14H,4-11H2,1-3H3. The molecule has 0 aromatic rings. The molecule has 1 aliphatic carbocycles. The van der Waals surface area contributed by atoms with Gasteiger partial charge in [-0.15, -0.1) is 0 Å². The molecule has 3 nitrogen and oxygen atoms in total. The van der Waals surface area contributed by atoms with E-state index in [1.807, 2.05) is 0 Å². The Balaban J connectivity index is 1.86. The van der Waals surface area contributed by atoms with Gasteiger partial charge in [-0.05, 0) is 45.8 Å². The molecule has 16 heavy (non-hydrogen) atoms. The molecule has 0 unspecified atom stereocenters. The van der Waals surface area contributed by atoms with Gasteiger partial charge in [-0.3, -0.25) is 0 Å². The van der Waals surface area contributed by atoms with Crippen molar-refractivity contribution in [1.29, 1.82) is 0 Å². The zero-order chi connectivity index (χ0) is 11.8. The van der Waals surface area contributed by atoms with Gasteiger partial charge in [-0.1, -0.05) is 13.8 Å². The molecule has 0 bridgehead atoms. The van der Waals surface area contributed by atoms with Crippen molar-refractivity contribution in [3.8, 4) is 0 Å². The highest BCUT2D eigenvalue weighted by Gasteiger charge is 2.28. The summed E-state index contributed by atoms with van der Waals surface area (Å²) in [4.78, 5) is 2.38. The summed E-state index contributed by atoms with van der Waals surface area (Å²) in [5.41, 5.74) is 0. The molecule has 1 rings (SSSR count). The summed E-state index contributed by atoms with van der Waals surface area (Å²) in [6, 6.07) is 0.720. The molecule has 0 atom stereocenters. The van der Waals surface area contributed by atoms with Crippen LogP contribution in [0.3, 0.4) is 0 Å². The molecule has 0 aliphatic heterocycles. The average molecular weight is 228 g/mol. The highest BCUT2D eigenvalue weighted by atomic mass is 16.5. The predicted octanol–water partition coefficient (Wildman–Crippen LogP) is 1.88. The van der Waals surface area contributed by atoms with Crippen molar-refractivity contribution in [2.24, 2.45) is 0 Å². The van der Waals surface area contributed by atoms with Crippen LogP contribution in [0.1, 0.15) is 39.5 Å². The van der Waals surface area contributed by atoms with Crippen LogP contribution >= 0.6 is 0 Å². The summed E-state index contributed by atoms with van der Waals surface area (Å²) in [5, 5.41) is 3.45. The van der Waals surface area contributed by atoms with E-state index in [-0.39, 0.29) is 0 Å². The quantitative estimate of drug-likeness (QED) is 0.610. The van der Waals surface area contributed by atoms with Crippen LogP contribution in [0.25, 0.3) is 0 Å². The molecule has 1 saturated carbocycles. The van der Waals surface area contributed by atoms with Crippen molar-refractivity contribution >= 4 is 0 Å². The fourth-order valence-electron chi connectivity index (χ4n) is 2.24. The minimum absolute atomic E-state index is 0.528. The van der Waals surface area contributed by atoms with E-state index in [4.69, 9.17) is 4.74 Å². The largest absolute Gasteiger partial charge is 0.378 e. The van der Waals surface area contributed by atoms with E-state index in [0.29, 0.717) is 6.10 Å². The first kappa shape index (κ1) is 13.9. The monoisotopic (exact) mass is 228 g/mol. The van der Waals surface area contributed by atoms with Crippen molar-refractivity contribution in [1.82, 2.24) is 10.2 Å². The molecule has 1 N–H and O–H groups in total. The molecule has 0 spiro atoms. The molecular weight excluding hydrogens is 200 g/mol. The lowest BCUT2D eigenvalue weighted by Gasteiger charge is -2.35. The summed E-state index contributed by atoms with van der Waals surface area (Å²) < 4.78 is 5.82. The van der Waals surface area contributed by atoms with Crippen LogP contribution in [-0.2, 0) is 4.74 Å². The lowest BCUT2D eigenvalue weighted by Crippen LogP contribution is -2.45. The van der Waals surface area contributed by atoms with Gasteiger partial charge in [0.05, 0.1) is 6.10 Å². The van der Waals surface area contributed by atoms with Crippen LogP contribution in [0, 0.1) is 0 Å². The Morgan fingerprint density at radius 2 is 2.00 bits per heavy atom. The molecule has 0 aromatic carbocycles. The van der Waals surface area contributed by atoms with Crippen LogP contribution in [0.15, 0.2) is 0 Å². The molecule has 0 radical (unpaired) electrons. The first-order chi connectivity index (χ1) is 7.76. The molecular formula is C13H28N2O. The Labute approximate surface area is 101 Å². The lowest BCUT2D eigenvalue weighted by atomic mass is 9.89. The Hall–Kier alpha value is -0.120. The summed E-state index contributed by atoms with van der Waals surface area (Å²) >= 11 is 0. The Morgan fingerprint density at radius 1 is 1.25 bits per heavy atom. The normalized spacial score (nSPS) is 24.8. The van der Waals surface area contributed by atoms with E-state index in [2.05, 4.69) is 31.1 Å². The van der Waals surface area contributed by atoms with E-state index < -0.39 is 0 Å². The van der Waals surface area contributed by atoms with Crippen LogP contribution in [0.2, 0.25) is 0 Å². The van der Waals surface area contributed by atoms with E-state index in [0.717, 1.165) is 25.7 Å². The molecule has 96 valence electrons. The molecule has 0 heterocycles. The van der Waals surface area contributed by atoms with Gasteiger partial charge in [-0.2, -0.15) is 0 Å². The molecule has 1 aliphatic rings. The average Bonchev–Trinajstić information content (AvgIpc) is 2.20. The van der Waals surface area contributed by atoms with Gasteiger partial charge in [-0.25, -0.2) is 0 Å². The van der Waals surface area contributed by atoms with E-state index in [1.54, 1.807) is 0 Å². The second-order valence-electron chi connectivity index (χ2n) is 4.88. The predicted molar refractivity (Wildman–Crippen MR) is 68.8 cm³/mol. The van der Waals surface area contributed by atoms with Gasteiger partial charge in [0.25, 0.3) is 0 Å². The van der Waals surface area contributed by atoms with Crippen LogP contribution in [-0.4, -0.2) is 50.3 Å². The van der Waals surface area contributed by atoms with Crippen LogP contribution in [0.5, 0.6) is 0 Å². The fraction of sp³-hybridized carbons (Fsp3) is 1.00. The van der Waals surface area contributed by atoms with Gasteiger partial charge < -0.3 is 15.0 Å². The summed E-state index contributed by atoms with van der Waals surface area (Å²) in [5.74, 6) is 0. The van der Waals surface area contributed by atoms with Crippen LogP contribution < -0.4 is 5.32 Å². The maximum Gasteiger partial charge on any atom is 0.0604 e. The second kappa shape index (κ2) is 8.04. The van der Waals surface area contributed by atoms with Crippen molar-refractivity contribution < 1.29 is 4.74 Å².